The highest BCUT2D eigenvalue weighted by Crippen LogP contribution is 2.49. The van der Waals surface area contributed by atoms with Crippen molar-refractivity contribution < 1.29 is 18.0 Å². The molecule has 1 N–H and O–H groups in total. The van der Waals surface area contributed by atoms with Gasteiger partial charge in [0.15, 0.2) is 20.3 Å². The molecule has 1 aliphatic carbocycles. The normalized spacial score (nSPS) is 16.7. The van der Waals surface area contributed by atoms with Crippen molar-refractivity contribution in [2.75, 3.05) is 13.1 Å². The molecule has 2 amide bonds. The molecule has 2 aliphatic rings. The third-order valence-electron chi connectivity index (χ3n) is 6.82. The van der Waals surface area contributed by atoms with Gasteiger partial charge in [-0.15, -0.1) is 0 Å². The van der Waals surface area contributed by atoms with Crippen molar-refractivity contribution in [1.29, 1.82) is 10.5 Å². The highest BCUT2D eigenvalue weighted by Gasteiger charge is 2.61. The first-order chi connectivity index (χ1) is 16.5. The Hall–Kier alpha value is -3.70. The van der Waals surface area contributed by atoms with E-state index < -0.39 is 25.2 Å². The van der Waals surface area contributed by atoms with Crippen molar-refractivity contribution in [2.24, 2.45) is 7.05 Å². The molecule has 0 radical (unpaired) electrons. The number of aromatic nitrogens is 2. The summed E-state index contributed by atoms with van der Waals surface area (Å²) in [6.07, 6.45) is 1.18. The van der Waals surface area contributed by atoms with Crippen LogP contribution in [0.5, 0.6) is 0 Å². The molecule has 1 saturated carbocycles. The number of amides is 2. The minimum atomic E-state index is -3.79. The lowest BCUT2D eigenvalue weighted by Gasteiger charge is -2.33. The fourth-order valence-electron chi connectivity index (χ4n) is 4.47. The van der Waals surface area contributed by atoms with Crippen LogP contribution in [0.2, 0.25) is 0 Å². The van der Waals surface area contributed by atoms with E-state index in [0.717, 1.165) is 5.56 Å². The van der Waals surface area contributed by atoms with Gasteiger partial charge >= 0.3 is 0 Å². The van der Waals surface area contributed by atoms with Crippen molar-refractivity contribution in [3.05, 3.63) is 52.3 Å². The van der Waals surface area contributed by atoms with E-state index in [2.05, 4.69) is 10.4 Å². The van der Waals surface area contributed by atoms with Gasteiger partial charge < -0.3 is 10.2 Å². The molecule has 1 aromatic carbocycles. The van der Waals surface area contributed by atoms with Crippen LogP contribution in [-0.4, -0.2) is 57.5 Å². The molecule has 1 aliphatic heterocycles. The molecule has 2 aromatic rings. The number of carbonyl (C=O) groups is 2. The summed E-state index contributed by atoms with van der Waals surface area (Å²) in [4.78, 5) is 27.7. The number of nitrogens with zero attached hydrogens (tertiary/aromatic N) is 5. The average molecular weight is 495 g/mol. The standard InChI is InChI=1S/C24H26N6O4S/c1-23(2,14-26)35(33,34)24(9-10-24)15-30-11-8-18-19(28-29(3)20(18)22(30)32)21(31)27-13-17-6-4-16(12-25)5-7-17/h4-7H,8-11,13,15H2,1-3H3,(H,27,31). The second kappa shape index (κ2) is 8.51. The number of rotatable bonds is 7. The molecule has 0 spiro atoms. The van der Waals surface area contributed by atoms with Gasteiger partial charge in [0.05, 0.1) is 22.4 Å². The highest BCUT2D eigenvalue weighted by atomic mass is 32.2. The molecule has 4 rings (SSSR count). The molecule has 0 atom stereocenters. The van der Waals surface area contributed by atoms with Crippen molar-refractivity contribution in [3.63, 3.8) is 0 Å². The van der Waals surface area contributed by atoms with E-state index in [-0.39, 0.29) is 36.9 Å². The van der Waals surface area contributed by atoms with Crippen LogP contribution in [-0.2, 0) is 29.9 Å². The summed E-state index contributed by atoms with van der Waals surface area (Å²) in [7, 11) is -2.21. The lowest BCUT2D eigenvalue weighted by molar-refractivity contribution is 0.0724. The molecule has 10 nitrogen and oxygen atoms in total. The third kappa shape index (κ3) is 4.06. The smallest absolute Gasteiger partial charge is 0.272 e. The Bertz CT molecular complexity index is 1390. The number of hydrogen-bond acceptors (Lipinski definition) is 7. The molecule has 1 aromatic heterocycles. The number of fused-ring (bicyclic) bond motifs is 1. The second-order valence-electron chi connectivity index (χ2n) is 9.58. The molecular formula is C24H26N6O4S. The number of nitriles is 2. The van der Waals surface area contributed by atoms with Crippen LogP contribution < -0.4 is 5.32 Å². The number of carbonyl (C=O) groups excluding carboxylic acids is 2. The van der Waals surface area contributed by atoms with E-state index in [4.69, 9.17) is 5.26 Å². The Balaban J connectivity index is 1.50. The Morgan fingerprint density at radius 1 is 1.23 bits per heavy atom. The van der Waals surface area contributed by atoms with Crippen LogP contribution in [0, 0.1) is 22.7 Å². The first-order valence-corrected chi connectivity index (χ1v) is 12.7. The van der Waals surface area contributed by atoms with Gasteiger partial charge in [0, 0.05) is 32.2 Å². The van der Waals surface area contributed by atoms with Gasteiger partial charge in [0.1, 0.15) is 5.69 Å². The first kappa shape index (κ1) is 24.4. The van der Waals surface area contributed by atoms with Crippen LogP contribution in [0.15, 0.2) is 24.3 Å². The fourth-order valence-corrected chi connectivity index (χ4v) is 6.64. The van der Waals surface area contributed by atoms with E-state index in [1.165, 1.54) is 23.4 Å². The summed E-state index contributed by atoms with van der Waals surface area (Å²) < 4.78 is 25.0. The van der Waals surface area contributed by atoms with Crippen LogP contribution in [0.25, 0.3) is 0 Å². The van der Waals surface area contributed by atoms with Gasteiger partial charge in [-0.1, -0.05) is 12.1 Å². The minimum absolute atomic E-state index is 0.0180. The van der Waals surface area contributed by atoms with E-state index in [9.17, 15) is 23.3 Å². The van der Waals surface area contributed by atoms with Gasteiger partial charge in [0.25, 0.3) is 11.8 Å². The molecule has 1 fully saturated rings. The molecular weight excluding hydrogens is 468 g/mol. The van der Waals surface area contributed by atoms with Crippen molar-refractivity contribution in [3.8, 4) is 12.1 Å². The summed E-state index contributed by atoms with van der Waals surface area (Å²) in [5.74, 6) is -0.784. The molecule has 0 saturated heterocycles. The Labute approximate surface area is 204 Å². The zero-order valence-electron chi connectivity index (χ0n) is 19.8. The van der Waals surface area contributed by atoms with Gasteiger partial charge in [-0.05, 0) is 50.8 Å². The van der Waals surface area contributed by atoms with Crippen LogP contribution in [0.3, 0.4) is 0 Å². The zero-order chi connectivity index (χ0) is 25.6. The predicted molar refractivity (Wildman–Crippen MR) is 126 cm³/mol. The molecule has 35 heavy (non-hydrogen) atoms. The number of benzene rings is 1. The SMILES string of the molecule is Cn1nc(C(=O)NCc2ccc(C#N)cc2)c2c1C(=O)N(CC1(S(=O)(=O)C(C)(C)C#N)CC1)CC2. The maximum atomic E-state index is 13.3. The van der Waals surface area contributed by atoms with Crippen LogP contribution in [0.1, 0.15) is 64.4 Å². The molecule has 0 unspecified atom stereocenters. The zero-order valence-corrected chi connectivity index (χ0v) is 20.6. The van der Waals surface area contributed by atoms with E-state index in [1.807, 2.05) is 12.1 Å². The van der Waals surface area contributed by atoms with Gasteiger partial charge in [-0.25, -0.2) is 8.42 Å². The van der Waals surface area contributed by atoms with E-state index >= 15 is 0 Å². The number of aryl methyl sites for hydroxylation is 1. The van der Waals surface area contributed by atoms with E-state index in [1.54, 1.807) is 31.3 Å². The average Bonchev–Trinajstić information content (AvgIpc) is 3.56. The highest BCUT2D eigenvalue weighted by molar-refractivity contribution is 7.94. The maximum Gasteiger partial charge on any atom is 0.272 e. The summed E-state index contributed by atoms with van der Waals surface area (Å²) >= 11 is 0. The van der Waals surface area contributed by atoms with E-state index in [0.29, 0.717) is 30.4 Å². The Morgan fingerprint density at radius 2 is 1.89 bits per heavy atom. The lowest BCUT2D eigenvalue weighted by Crippen LogP contribution is -2.50. The summed E-state index contributed by atoms with van der Waals surface area (Å²) in [6, 6.07) is 10.8. The quantitative estimate of drug-likeness (QED) is 0.612. The maximum absolute atomic E-state index is 13.3. The van der Waals surface area contributed by atoms with Crippen LogP contribution >= 0.6 is 0 Å². The number of hydrogen-bond donors (Lipinski definition) is 1. The molecule has 2 heterocycles. The summed E-state index contributed by atoms with van der Waals surface area (Å²) in [5, 5.41) is 25.4. The van der Waals surface area contributed by atoms with Gasteiger partial charge in [-0.3, -0.25) is 14.3 Å². The van der Waals surface area contributed by atoms with Crippen molar-refractivity contribution in [1.82, 2.24) is 20.0 Å². The van der Waals surface area contributed by atoms with Gasteiger partial charge in [0.2, 0.25) is 0 Å². The summed E-state index contributed by atoms with van der Waals surface area (Å²) in [6.45, 7) is 3.30. The summed E-state index contributed by atoms with van der Waals surface area (Å²) in [5.41, 5.74) is 2.33. The fraction of sp³-hybridized carbons (Fsp3) is 0.458. The molecule has 182 valence electrons. The number of sulfone groups is 1. The van der Waals surface area contributed by atoms with Crippen molar-refractivity contribution >= 4 is 21.7 Å². The molecule has 0 bridgehead atoms. The Morgan fingerprint density at radius 3 is 2.46 bits per heavy atom. The predicted octanol–water partition coefficient (Wildman–Crippen LogP) is 1.47. The molecule has 11 heteroatoms. The van der Waals surface area contributed by atoms with Crippen molar-refractivity contribution in [2.45, 2.75) is 49.1 Å². The first-order valence-electron chi connectivity index (χ1n) is 11.2. The van der Waals surface area contributed by atoms with Crippen LogP contribution in [0.4, 0.5) is 0 Å². The largest absolute Gasteiger partial charge is 0.347 e. The Kier molecular flexibility index (Phi) is 5.94. The second-order valence-corrected chi connectivity index (χ2v) is 12.5. The third-order valence-corrected chi connectivity index (χ3v) is 9.93. The number of nitrogens with one attached hydrogen (secondary N) is 1. The minimum Gasteiger partial charge on any atom is -0.347 e. The lowest BCUT2D eigenvalue weighted by atomic mass is 10.0. The monoisotopic (exact) mass is 494 g/mol. The topological polar surface area (TPSA) is 149 Å². The van der Waals surface area contributed by atoms with Gasteiger partial charge in [-0.2, -0.15) is 15.6 Å².